The first kappa shape index (κ1) is 17.4. The van der Waals surface area contributed by atoms with Crippen LogP contribution in [0.5, 0.6) is 0 Å². The lowest BCUT2D eigenvalue weighted by Gasteiger charge is -2.29. The number of carbonyl (C=O) groups excluding carboxylic acids is 1. The summed E-state index contributed by atoms with van der Waals surface area (Å²) in [6.07, 6.45) is 1.82. The molecule has 0 spiro atoms. The van der Waals surface area contributed by atoms with Crippen molar-refractivity contribution >= 4 is 5.97 Å². The van der Waals surface area contributed by atoms with Gasteiger partial charge < -0.3 is 15.0 Å². The number of ether oxygens (including phenoxy) is 1. The normalized spacial score (nSPS) is 14.6. The Balaban J connectivity index is 4.29. The highest BCUT2D eigenvalue weighted by molar-refractivity contribution is 5.80. The van der Waals surface area contributed by atoms with E-state index in [1.165, 1.54) is 0 Å². The molecule has 1 N–H and O–H groups in total. The zero-order chi connectivity index (χ0) is 14.0. The van der Waals surface area contributed by atoms with E-state index in [2.05, 4.69) is 24.1 Å². The van der Waals surface area contributed by atoms with Crippen molar-refractivity contribution in [3.63, 3.8) is 0 Å². The van der Waals surface area contributed by atoms with Gasteiger partial charge in [-0.15, -0.1) is 0 Å². The lowest BCUT2D eigenvalue weighted by Crippen LogP contribution is -2.50. The van der Waals surface area contributed by atoms with Crippen molar-refractivity contribution in [3.8, 4) is 0 Å². The van der Waals surface area contributed by atoms with E-state index in [9.17, 15) is 4.79 Å². The third kappa shape index (κ3) is 5.83. The van der Waals surface area contributed by atoms with Crippen LogP contribution in [0, 0.1) is 0 Å². The van der Waals surface area contributed by atoms with Crippen LogP contribution in [0.25, 0.3) is 0 Å². The van der Waals surface area contributed by atoms with Gasteiger partial charge in [-0.3, -0.25) is 4.79 Å². The SMILES string of the molecule is CCNC(C)(CCCN(CC)CC)C(=O)OCC. The number of carbonyl (C=O) groups is 1. The lowest BCUT2D eigenvalue weighted by atomic mass is 9.95. The summed E-state index contributed by atoms with van der Waals surface area (Å²) < 4.78 is 5.15. The molecule has 0 rings (SSSR count). The molecule has 0 saturated carbocycles. The van der Waals surface area contributed by atoms with Gasteiger partial charge in [-0.1, -0.05) is 20.8 Å². The Morgan fingerprint density at radius 2 is 1.83 bits per heavy atom. The minimum absolute atomic E-state index is 0.133. The molecule has 0 bridgehead atoms. The molecule has 18 heavy (non-hydrogen) atoms. The topological polar surface area (TPSA) is 41.6 Å². The first-order chi connectivity index (χ1) is 8.53. The molecule has 0 aromatic heterocycles. The second-order valence-electron chi connectivity index (χ2n) is 4.71. The van der Waals surface area contributed by atoms with Crippen LogP contribution in [-0.2, 0) is 9.53 Å². The van der Waals surface area contributed by atoms with Crippen molar-refractivity contribution in [1.29, 1.82) is 0 Å². The lowest BCUT2D eigenvalue weighted by molar-refractivity contribution is -0.150. The van der Waals surface area contributed by atoms with E-state index in [0.29, 0.717) is 6.61 Å². The Bertz CT molecular complexity index is 230. The predicted molar refractivity (Wildman–Crippen MR) is 75.7 cm³/mol. The second kappa shape index (κ2) is 9.34. The van der Waals surface area contributed by atoms with Gasteiger partial charge in [0.05, 0.1) is 6.61 Å². The van der Waals surface area contributed by atoms with E-state index in [4.69, 9.17) is 4.74 Å². The third-order valence-corrected chi connectivity index (χ3v) is 3.34. The zero-order valence-corrected chi connectivity index (χ0v) is 12.7. The molecule has 0 aliphatic carbocycles. The smallest absolute Gasteiger partial charge is 0.326 e. The molecule has 0 amide bonds. The summed E-state index contributed by atoms with van der Waals surface area (Å²) in [4.78, 5) is 14.3. The minimum atomic E-state index is -0.544. The number of hydrogen-bond donors (Lipinski definition) is 1. The summed E-state index contributed by atoms with van der Waals surface area (Å²) in [5, 5.41) is 3.26. The van der Waals surface area contributed by atoms with Gasteiger partial charge >= 0.3 is 5.97 Å². The van der Waals surface area contributed by atoms with Crippen molar-refractivity contribution in [2.75, 3.05) is 32.8 Å². The summed E-state index contributed by atoms with van der Waals surface area (Å²) in [5.41, 5.74) is -0.544. The number of esters is 1. The van der Waals surface area contributed by atoms with Crippen molar-refractivity contribution in [3.05, 3.63) is 0 Å². The molecular formula is C14H30N2O2. The highest BCUT2D eigenvalue weighted by Gasteiger charge is 2.33. The maximum absolute atomic E-state index is 12.0. The van der Waals surface area contributed by atoms with Gasteiger partial charge in [-0.2, -0.15) is 0 Å². The Kier molecular flexibility index (Phi) is 9.02. The highest BCUT2D eigenvalue weighted by atomic mass is 16.5. The van der Waals surface area contributed by atoms with E-state index in [1.807, 2.05) is 20.8 Å². The van der Waals surface area contributed by atoms with Crippen LogP contribution < -0.4 is 5.32 Å². The van der Waals surface area contributed by atoms with Gasteiger partial charge in [-0.05, 0) is 52.9 Å². The standard InChI is InChI=1S/C14H30N2O2/c1-6-15-14(5,13(17)18-9-4)11-10-12-16(7-2)8-3/h15H,6-12H2,1-5H3. The molecular weight excluding hydrogens is 228 g/mol. The average molecular weight is 258 g/mol. The van der Waals surface area contributed by atoms with Crippen molar-refractivity contribution in [2.24, 2.45) is 0 Å². The molecule has 0 aromatic rings. The fraction of sp³-hybridized carbons (Fsp3) is 0.929. The van der Waals surface area contributed by atoms with Crippen LogP contribution in [0.3, 0.4) is 0 Å². The molecule has 0 aromatic carbocycles. The third-order valence-electron chi connectivity index (χ3n) is 3.34. The summed E-state index contributed by atoms with van der Waals surface area (Å²) in [6.45, 7) is 14.5. The Hall–Kier alpha value is -0.610. The molecule has 0 aliphatic heterocycles. The van der Waals surface area contributed by atoms with Crippen LogP contribution in [0.1, 0.15) is 47.5 Å². The van der Waals surface area contributed by atoms with Gasteiger partial charge in [0, 0.05) is 0 Å². The largest absolute Gasteiger partial charge is 0.465 e. The number of hydrogen-bond acceptors (Lipinski definition) is 4. The summed E-state index contributed by atoms with van der Waals surface area (Å²) in [6, 6.07) is 0. The molecule has 0 fully saturated rings. The van der Waals surface area contributed by atoms with Crippen LogP contribution in [0.15, 0.2) is 0 Å². The summed E-state index contributed by atoms with van der Waals surface area (Å²) >= 11 is 0. The molecule has 108 valence electrons. The van der Waals surface area contributed by atoms with E-state index in [1.54, 1.807) is 0 Å². The van der Waals surface area contributed by atoms with Crippen LogP contribution in [0.4, 0.5) is 0 Å². The Labute approximate surface area is 112 Å². The van der Waals surface area contributed by atoms with Crippen molar-refractivity contribution < 1.29 is 9.53 Å². The van der Waals surface area contributed by atoms with Gasteiger partial charge in [0.15, 0.2) is 0 Å². The quantitative estimate of drug-likeness (QED) is 0.609. The molecule has 1 atom stereocenters. The predicted octanol–water partition coefficient (Wildman–Crippen LogP) is 2.04. The highest BCUT2D eigenvalue weighted by Crippen LogP contribution is 2.15. The average Bonchev–Trinajstić information content (AvgIpc) is 2.35. The molecule has 0 aliphatic rings. The Morgan fingerprint density at radius 1 is 1.22 bits per heavy atom. The van der Waals surface area contributed by atoms with Gasteiger partial charge in [-0.25, -0.2) is 0 Å². The van der Waals surface area contributed by atoms with Gasteiger partial charge in [0.25, 0.3) is 0 Å². The first-order valence-electron chi connectivity index (χ1n) is 7.18. The first-order valence-corrected chi connectivity index (χ1v) is 7.18. The minimum Gasteiger partial charge on any atom is -0.465 e. The van der Waals surface area contributed by atoms with Gasteiger partial charge in [0.1, 0.15) is 5.54 Å². The molecule has 0 radical (unpaired) electrons. The maximum atomic E-state index is 12.0. The molecule has 4 heteroatoms. The van der Waals surface area contributed by atoms with Crippen molar-refractivity contribution in [1.82, 2.24) is 10.2 Å². The van der Waals surface area contributed by atoms with Crippen LogP contribution in [0.2, 0.25) is 0 Å². The van der Waals surface area contributed by atoms with E-state index < -0.39 is 5.54 Å². The number of nitrogens with one attached hydrogen (secondary N) is 1. The van der Waals surface area contributed by atoms with E-state index in [0.717, 1.165) is 39.0 Å². The monoisotopic (exact) mass is 258 g/mol. The number of likely N-dealkylation sites (N-methyl/N-ethyl adjacent to an activating group) is 1. The van der Waals surface area contributed by atoms with Crippen LogP contribution >= 0.6 is 0 Å². The number of nitrogens with zero attached hydrogens (tertiary/aromatic N) is 1. The Morgan fingerprint density at radius 3 is 2.28 bits per heavy atom. The molecule has 1 unspecified atom stereocenters. The fourth-order valence-corrected chi connectivity index (χ4v) is 2.14. The summed E-state index contributed by atoms with van der Waals surface area (Å²) in [5.74, 6) is -0.133. The van der Waals surface area contributed by atoms with Crippen LogP contribution in [-0.4, -0.2) is 49.2 Å². The fourth-order valence-electron chi connectivity index (χ4n) is 2.14. The zero-order valence-electron chi connectivity index (χ0n) is 12.7. The maximum Gasteiger partial charge on any atom is 0.326 e. The molecule has 0 saturated heterocycles. The summed E-state index contributed by atoms with van der Waals surface area (Å²) in [7, 11) is 0. The van der Waals surface area contributed by atoms with E-state index >= 15 is 0 Å². The number of rotatable bonds is 10. The molecule has 0 heterocycles. The van der Waals surface area contributed by atoms with E-state index in [-0.39, 0.29) is 5.97 Å². The second-order valence-corrected chi connectivity index (χ2v) is 4.71. The van der Waals surface area contributed by atoms with Gasteiger partial charge in [0.2, 0.25) is 0 Å². The molecule has 4 nitrogen and oxygen atoms in total. The van der Waals surface area contributed by atoms with Crippen molar-refractivity contribution in [2.45, 2.75) is 53.0 Å².